The highest BCUT2D eigenvalue weighted by atomic mass is 28.5. The summed E-state index contributed by atoms with van der Waals surface area (Å²) in [5, 5.41) is 0. The highest BCUT2D eigenvalue weighted by Gasteiger charge is 2.38. The van der Waals surface area contributed by atoms with Crippen molar-refractivity contribution in [3.05, 3.63) is 89.5 Å². The molecule has 0 saturated carbocycles. The molecule has 0 saturated heterocycles. The first-order valence-electron chi connectivity index (χ1n) is 15.2. The molecule has 0 N–H and O–H groups in total. The summed E-state index contributed by atoms with van der Waals surface area (Å²) in [6, 6.07) is 25.7. The van der Waals surface area contributed by atoms with Crippen molar-refractivity contribution >= 4 is 31.4 Å². The van der Waals surface area contributed by atoms with Crippen LogP contribution in [0.2, 0.25) is 51.4 Å². The lowest BCUT2D eigenvalue weighted by molar-refractivity contribution is 0.150. The van der Waals surface area contributed by atoms with E-state index >= 15 is 0 Å². The Hall–Kier alpha value is -2.70. The van der Waals surface area contributed by atoms with Crippen molar-refractivity contribution in [2.24, 2.45) is 0 Å². The molecule has 9 heteroatoms. The van der Waals surface area contributed by atoms with Crippen molar-refractivity contribution < 1.29 is 27.2 Å². The standard InChI is InChI=1S/C34H50O6Si3/c1-11-41(5,6)39-43(9,10)40-42(7,8)25-15-16-27-19-24-31(32(26-27)36-4)38-33(35)37-30-22-20-29(21-23-30)34(2,3)28-17-13-12-14-18-28/h12-14,17-24,26H,11,15-16,25H2,1-10H3. The maximum absolute atomic E-state index is 12.6. The fourth-order valence-corrected chi connectivity index (χ4v) is 18.5. The van der Waals surface area contributed by atoms with Crippen molar-refractivity contribution in [2.75, 3.05) is 7.11 Å². The SMILES string of the molecule is CC[Si](C)(C)O[Si](C)(C)O[Si](C)(C)CCCc1ccc(OC(=O)Oc2ccc(C(C)(C)c3ccccc3)cc2)c(OC)c1. The molecule has 0 aliphatic rings. The van der Waals surface area contributed by atoms with E-state index in [4.69, 9.17) is 22.4 Å². The number of benzene rings is 3. The number of rotatable bonds is 14. The number of ether oxygens (including phenoxy) is 3. The second kappa shape index (κ2) is 14.4. The van der Waals surface area contributed by atoms with Gasteiger partial charge in [0, 0.05) is 5.41 Å². The average Bonchev–Trinajstić information content (AvgIpc) is 2.93. The van der Waals surface area contributed by atoms with Crippen LogP contribution in [0.5, 0.6) is 17.2 Å². The van der Waals surface area contributed by atoms with E-state index in [1.165, 1.54) is 5.56 Å². The number of methoxy groups -OCH3 is 1. The van der Waals surface area contributed by atoms with Crippen LogP contribution in [0.25, 0.3) is 0 Å². The van der Waals surface area contributed by atoms with E-state index in [2.05, 4.69) is 72.2 Å². The third-order valence-electron chi connectivity index (χ3n) is 7.83. The van der Waals surface area contributed by atoms with E-state index < -0.39 is 31.4 Å². The second-order valence-corrected chi connectivity index (χ2v) is 26.0. The molecular weight excluding hydrogens is 589 g/mol. The van der Waals surface area contributed by atoms with Crippen molar-refractivity contribution in [2.45, 2.75) is 90.4 Å². The first-order valence-corrected chi connectivity index (χ1v) is 24.2. The lowest BCUT2D eigenvalue weighted by Crippen LogP contribution is -2.52. The Morgan fingerprint density at radius 2 is 1.35 bits per heavy atom. The average molecular weight is 639 g/mol. The molecule has 0 fully saturated rings. The zero-order chi connectivity index (χ0) is 31.9. The summed E-state index contributed by atoms with van der Waals surface area (Å²) in [6.45, 7) is 20.0. The Balaban J connectivity index is 1.55. The Morgan fingerprint density at radius 1 is 0.744 bits per heavy atom. The van der Waals surface area contributed by atoms with Crippen LogP contribution in [0.1, 0.15) is 43.9 Å². The number of hydrogen-bond donors (Lipinski definition) is 0. The molecule has 0 bridgehead atoms. The van der Waals surface area contributed by atoms with Crippen LogP contribution >= 0.6 is 0 Å². The van der Waals surface area contributed by atoms with Gasteiger partial charge in [0.2, 0.25) is 0 Å². The molecule has 3 aromatic rings. The fraction of sp³-hybridized carbons (Fsp3) is 0.441. The van der Waals surface area contributed by atoms with E-state index in [1.54, 1.807) is 25.3 Å². The van der Waals surface area contributed by atoms with Gasteiger partial charge in [0.1, 0.15) is 5.75 Å². The molecule has 234 valence electrons. The van der Waals surface area contributed by atoms with Gasteiger partial charge in [-0.3, -0.25) is 0 Å². The Labute approximate surface area is 262 Å². The third kappa shape index (κ3) is 10.5. The van der Waals surface area contributed by atoms with E-state index in [9.17, 15) is 4.79 Å². The molecule has 6 nitrogen and oxygen atoms in total. The van der Waals surface area contributed by atoms with E-state index in [0.29, 0.717) is 17.2 Å². The largest absolute Gasteiger partial charge is 0.519 e. The summed E-state index contributed by atoms with van der Waals surface area (Å²) in [5.41, 5.74) is 3.27. The van der Waals surface area contributed by atoms with Crippen molar-refractivity contribution in [1.82, 2.24) is 0 Å². The fourth-order valence-electron chi connectivity index (χ4n) is 5.31. The molecule has 0 aliphatic heterocycles. The van der Waals surface area contributed by atoms with Gasteiger partial charge in [-0.1, -0.05) is 69.3 Å². The summed E-state index contributed by atoms with van der Waals surface area (Å²) in [6.07, 6.45) is 1.07. The number of carbonyl (C=O) groups excluding carboxylic acids is 1. The number of hydrogen-bond acceptors (Lipinski definition) is 6. The molecule has 3 aromatic carbocycles. The monoisotopic (exact) mass is 638 g/mol. The van der Waals surface area contributed by atoms with Gasteiger partial charge in [0.15, 0.2) is 28.1 Å². The lowest BCUT2D eigenvalue weighted by atomic mass is 9.78. The van der Waals surface area contributed by atoms with Gasteiger partial charge in [0.05, 0.1) is 7.11 Å². The van der Waals surface area contributed by atoms with Gasteiger partial charge in [0.25, 0.3) is 0 Å². The van der Waals surface area contributed by atoms with Gasteiger partial charge in [-0.2, -0.15) is 0 Å². The number of aryl methyl sites for hydroxylation is 1. The van der Waals surface area contributed by atoms with Gasteiger partial charge >= 0.3 is 14.7 Å². The topological polar surface area (TPSA) is 63.2 Å². The predicted molar refractivity (Wildman–Crippen MR) is 183 cm³/mol. The molecule has 0 spiro atoms. The van der Waals surface area contributed by atoms with Gasteiger partial charge in [-0.15, -0.1) is 0 Å². The molecule has 43 heavy (non-hydrogen) atoms. The van der Waals surface area contributed by atoms with Crippen LogP contribution in [0.15, 0.2) is 72.8 Å². The highest BCUT2D eigenvalue weighted by Crippen LogP contribution is 2.33. The molecule has 0 amide bonds. The quantitative estimate of drug-likeness (QED) is 0.0995. The maximum Gasteiger partial charge on any atom is 0.519 e. The van der Waals surface area contributed by atoms with Gasteiger partial charge in [-0.05, 0) is 105 Å². The van der Waals surface area contributed by atoms with E-state index in [1.807, 2.05) is 42.5 Å². The van der Waals surface area contributed by atoms with Gasteiger partial charge in [-0.25, -0.2) is 4.79 Å². The molecular formula is C34H50O6Si3. The van der Waals surface area contributed by atoms with E-state index in [-0.39, 0.29) is 5.41 Å². The van der Waals surface area contributed by atoms with Crippen LogP contribution in [0.3, 0.4) is 0 Å². The van der Waals surface area contributed by atoms with Crippen LogP contribution in [0, 0.1) is 0 Å². The molecule has 0 heterocycles. The van der Waals surface area contributed by atoms with Crippen molar-refractivity contribution in [1.29, 1.82) is 0 Å². The Bertz CT molecular complexity index is 1340. The molecule has 0 atom stereocenters. The zero-order valence-electron chi connectivity index (χ0n) is 27.7. The zero-order valence-corrected chi connectivity index (χ0v) is 30.7. The lowest BCUT2D eigenvalue weighted by Gasteiger charge is -2.38. The molecule has 0 aromatic heterocycles. The first kappa shape index (κ1) is 34.8. The molecule has 0 unspecified atom stereocenters. The summed E-state index contributed by atoms with van der Waals surface area (Å²) in [5.74, 6) is 1.24. The minimum absolute atomic E-state index is 0.180. The molecule has 0 aliphatic carbocycles. The minimum Gasteiger partial charge on any atom is -0.493 e. The summed E-state index contributed by atoms with van der Waals surface area (Å²) < 4.78 is 29.8. The molecule has 3 rings (SSSR count). The van der Waals surface area contributed by atoms with Gasteiger partial charge < -0.3 is 22.4 Å². The van der Waals surface area contributed by atoms with E-state index in [0.717, 1.165) is 36.1 Å². The van der Waals surface area contributed by atoms with Crippen molar-refractivity contribution in [3.63, 3.8) is 0 Å². The van der Waals surface area contributed by atoms with Crippen molar-refractivity contribution in [3.8, 4) is 17.2 Å². The third-order valence-corrected chi connectivity index (χ3v) is 19.4. The van der Waals surface area contributed by atoms with Crippen LogP contribution in [0.4, 0.5) is 4.79 Å². The Kier molecular flexibility index (Phi) is 11.6. The summed E-state index contributed by atoms with van der Waals surface area (Å²) in [4.78, 5) is 12.6. The normalized spacial score (nSPS) is 12.6. The Morgan fingerprint density at radius 3 is 1.95 bits per heavy atom. The maximum atomic E-state index is 12.6. The highest BCUT2D eigenvalue weighted by molar-refractivity contribution is 6.87. The van der Waals surface area contributed by atoms with Crippen LogP contribution < -0.4 is 14.2 Å². The molecule has 0 radical (unpaired) electrons. The minimum atomic E-state index is -2.17. The predicted octanol–water partition coefficient (Wildman–Crippen LogP) is 9.70. The smallest absolute Gasteiger partial charge is 0.493 e. The number of carbonyl (C=O) groups is 1. The first-order chi connectivity index (χ1) is 20.1. The van der Waals surface area contributed by atoms with Crippen LogP contribution in [-0.4, -0.2) is 38.5 Å². The summed E-state index contributed by atoms with van der Waals surface area (Å²) >= 11 is 0. The van der Waals surface area contributed by atoms with Crippen LogP contribution in [-0.2, 0) is 20.1 Å². The second-order valence-electron chi connectivity index (χ2n) is 13.3. The summed E-state index contributed by atoms with van der Waals surface area (Å²) in [7, 11) is -4.16.